The molecular formula is C15H13N3O2. The molecule has 2 aromatic rings. The lowest BCUT2D eigenvalue weighted by molar-refractivity contribution is -0.385. The highest BCUT2D eigenvalue weighted by atomic mass is 16.6. The van der Waals surface area contributed by atoms with Gasteiger partial charge < -0.3 is 5.32 Å². The fourth-order valence-corrected chi connectivity index (χ4v) is 1.93. The molecular weight excluding hydrogens is 254 g/mol. The van der Waals surface area contributed by atoms with Crippen LogP contribution in [0.15, 0.2) is 42.5 Å². The maximum Gasteiger partial charge on any atom is 0.272 e. The van der Waals surface area contributed by atoms with Gasteiger partial charge in [0.1, 0.15) is 0 Å². The number of rotatable bonds is 4. The van der Waals surface area contributed by atoms with E-state index in [0.717, 1.165) is 11.3 Å². The number of benzene rings is 2. The normalized spacial score (nSPS) is 9.80. The van der Waals surface area contributed by atoms with Gasteiger partial charge in [-0.2, -0.15) is 5.26 Å². The fraction of sp³-hybridized carbons (Fsp3) is 0.133. The summed E-state index contributed by atoms with van der Waals surface area (Å²) in [5.74, 6) is 0. The van der Waals surface area contributed by atoms with Crippen molar-refractivity contribution in [2.75, 3.05) is 5.32 Å². The van der Waals surface area contributed by atoms with Crippen LogP contribution in [0.5, 0.6) is 0 Å². The molecule has 100 valence electrons. The molecule has 0 aliphatic carbocycles. The molecule has 5 heteroatoms. The standard InChI is InChI=1S/C15H13N3O2/c1-11-7-14(5-6-15(11)18(19)20)17-10-13-4-2-3-12(8-13)9-16/h2-8,17H,10H2,1H3. The van der Waals surface area contributed by atoms with E-state index in [-0.39, 0.29) is 5.69 Å². The second-order valence-corrected chi connectivity index (χ2v) is 4.42. The molecule has 2 rings (SSSR count). The van der Waals surface area contributed by atoms with Crippen LogP contribution in [0.25, 0.3) is 0 Å². The summed E-state index contributed by atoms with van der Waals surface area (Å²) < 4.78 is 0. The van der Waals surface area contributed by atoms with E-state index < -0.39 is 4.92 Å². The summed E-state index contributed by atoms with van der Waals surface area (Å²) in [6.45, 7) is 2.27. The highest BCUT2D eigenvalue weighted by molar-refractivity contribution is 5.53. The molecule has 0 aromatic heterocycles. The molecule has 0 amide bonds. The Bertz CT molecular complexity index is 690. The molecule has 2 aromatic carbocycles. The van der Waals surface area contributed by atoms with E-state index in [1.165, 1.54) is 6.07 Å². The molecule has 0 spiro atoms. The molecule has 0 heterocycles. The number of hydrogen-bond donors (Lipinski definition) is 1. The Hall–Kier alpha value is -2.87. The van der Waals surface area contributed by atoms with Crippen molar-refractivity contribution >= 4 is 11.4 Å². The first-order valence-corrected chi connectivity index (χ1v) is 6.08. The third-order valence-electron chi connectivity index (χ3n) is 2.95. The van der Waals surface area contributed by atoms with Crippen LogP contribution in [0, 0.1) is 28.4 Å². The Morgan fingerprint density at radius 3 is 2.75 bits per heavy atom. The quantitative estimate of drug-likeness (QED) is 0.680. The molecule has 0 aliphatic heterocycles. The lowest BCUT2D eigenvalue weighted by Gasteiger charge is -2.08. The lowest BCUT2D eigenvalue weighted by atomic mass is 10.1. The number of nitro benzene ring substituents is 1. The van der Waals surface area contributed by atoms with Gasteiger partial charge in [0.15, 0.2) is 0 Å². The summed E-state index contributed by atoms with van der Waals surface area (Å²) in [5, 5.41) is 22.8. The molecule has 0 fully saturated rings. The Morgan fingerprint density at radius 1 is 1.30 bits per heavy atom. The Balaban J connectivity index is 2.09. The summed E-state index contributed by atoms with van der Waals surface area (Å²) in [4.78, 5) is 10.3. The SMILES string of the molecule is Cc1cc(NCc2cccc(C#N)c2)ccc1[N+](=O)[O-]. The highest BCUT2D eigenvalue weighted by Crippen LogP contribution is 2.22. The van der Waals surface area contributed by atoms with Crippen LogP contribution < -0.4 is 5.32 Å². The Labute approximate surface area is 116 Å². The average molecular weight is 267 g/mol. The molecule has 0 saturated carbocycles. The topological polar surface area (TPSA) is 79.0 Å². The van der Waals surface area contributed by atoms with E-state index in [1.807, 2.05) is 18.2 Å². The van der Waals surface area contributed by atoms with Gasteiger partial charge >= 0.3 is 0 Å². The van der Waals surface area contributed by atoms with E-state index >= 15 is 0 Å². The maximum atomic E-state index is 10.7. The van der Waals surface area contributed by atoms with E-state index in [4.69, 9.17) is 5.26 Å². The molecule has 0 atom stereocenters. The predicted octanol–water partition coefficient (Wildman–Crippen LogP) is 3.39. The zero-order valence-electron chi connectivity index (χ0n) is 11.0. The van der Waals surface area contributed by atoms with Gasteiger partial charge in [0.25, 0.3) is 5.69 Å². The minimum atomic E-state index is -0.393. The predicted molar refractivity (Wildman–Crippen MR) is 76.3 cm³/mol. The minimum absolute atomic E-state index is 0.113. The van der Waals surface area contributed by atoms with Gasteiger partial charge in [0.2, 0.25) is 0 Å². The minimum Gasteiger partial charge on any atom is -0.381 e. The van der Waals surface area contributed by atoms with Crippen LogP contribution in [0.2, 0.25) is 0 Å². The zero-order chi connectivity index (χ0) is 14.5. The van der Waals surface area contributed by atoms with Gasteiger partial charge in [-0.25, -0.2) is 0 Å². The van der Waals surface area contributed by atoms with Crippen molar-refractivity contribution < 1.29 is 4.92 Å². The van der Waals surface area contributed by atoms with E-state index in [0.29, 0.717) is 17.7 Å². The molecule has 0 radical (unpaired) electrons. The van der Waals surface area contributed by atoms with E-state index in [1.54, 1.807) is 25.1 Å². The van der Waals surface area contributed by atoms with Crippen LogP contribution >= 0.6 is 0 Å². The van der Waals surface area contributed by atoms with Gasteiger partial charge in [0.05, 0.1) is 16.6 Å². The van der Waals surface area contributed by atoms with Crippen molar-refractivity contribution in [3.63, 3.8) is 0 Å². The first-order valence-electron chi connectivity index (χ1n) is 6.08. The van der Waals surface area contributed by atoms with Gasteiger partial charge in [-0.15, -0.1) is 0 Å². The maximum absolute atomic E-state index is 10.7. The van der Waals surface area contributed by atoms with Gasteiger partial charge in [-0.05, 0) is 36.8 Å². The van der Waals surface area contributed by atoms with Crippen LogP contribution in [0.3, 0.4) is 0 Å². The smallest absolute Gasteiger partial charge is 0.272 e. The number of hydrogen-bond acceptors (Lipinski definition) is 4. The van der Waals surface area contributed by atoms with Crippen molar-refractivity contribution in [3.8, 4) is 6.07 Å². The van der Waals surface area contributed by atoms with Crippen LogP contribution in [-0.4, -0.2) is 4.92 Å². The molecule has 20 heavy (non-hydrogen) atoms. The van der Waals surface area contributed by atoms with Crippen molar-refractivity contribution in [2.24, 2.45) is 0 Å². The Kier molecular flexibility index (Phi) is 3.96. The first kappa shape index (κ1) is 13.6. The number of nitro groups is 1. The first-order chi connectivity index (χ1) is 9.60. The highest BCUT2D eigenvalue weighted by Gasteiger charge is 2.09. The molecule has 1 N–H and O–H groups in total. The molecule has 0 unspecified atom stereocenters. The zero-order valence-corrected chi connectivity index (χ0v) is 11.0. The number of nitrogens with one attached hydrogen (secondary N) is 1. The van der Waals surface area contributed by atoms with Crippen molar-refractivity contribution in [1.29, 1.82) is 5.26 Å². The number of nitriles is 1. The summed E-state index contributed by atoms with van der Waals surface area (Å²) in [5.41, 5.74) is 3.15. The van der Waals surface area contributed by atoms with Crippen LogP contribution in [0.4, 0.5) is 11.4 Å². The van der Waals surface area contributed by atoms with E-state index in [9.17, 15) is 10.1 Å². The fourth-order valence-electron chi connectivity index (χ4n) is 1.93. The third kappa shape index (κ3) is 3.12. The van der Waals surface area contributed by atoms with Gasteiger partial charge in [0, 0.05) is 23.9 Å². The monoisotopic (exact) mass is 267 g/mol. The Morgan fingerprint density at radius 2 is 2.10 bits per heavy atom. The summed E-state index contributed by atoms with van der Waals surface area (Å²) in [6, 6.07) is 14.3. The molecule has 0 aliphatic rings. The number of nitrogens with zero attached hydrogens (tertiary/aromatic N) is 2. The second-order valence-electron chi connectivity index (χ2n) is 4.42. The van der Waals surface area contributed by atoms with Crippen molar-refractivity contribution in [2.45, 2.75) is 13.5 Å². The van der Waals surface area contributed by atoms with E-state index in [2.05, 4.69) is 11.4 Å². The molecule has 0 bridgehead atoms. The molecule has 5 nitrogen and oxygen atoms in total. The second kappa shape index (κ2) is 5.85. The third-order valence-corrected chi connectivity index (χ3v) is 2.95. The van der Waals surface area contributed by atoms with Crippen LogP contribution in [-0.2, 0) is 6.54 Å². The van der Waals surface area contributed by atoms with Gasteiger partial charge in [-0.3, -0.25) is 10.1 Å². The van der Waals surface area contributed by atoms with Crippen LogP contribution in [0.1, 0.15) is 16.7 Å². The van der Waals surface area contributed by atoms with Crippen molar-refractivity contribution in [3.05, 3.63) is 69.3 Å². The lowest BCUT2D eigenvalue weighted by Crippen LogP contribution is -2.00. The largest absolute Gasteiger partial charge is 0.381 e. The van der Waals surface area contributed by atoms with Crippen molar-refractivity contribution in [1.82, 2.24) is 0 Å². The summed E-state index contributed by atoms with van der Waals surface area (Å²) in [7, 11) is 0. The number of anilines is 1. The summed E-state index contributed by atoms with van der Waals surface area (Å²) in [6.07, 6.45) is 0. The number of aryl methyl sites for hydroxylation is 1. The summed E-state index contributed by atoms with van der Waals surface area (Å²) >= 11 is 0. The average Bonchev–Trinajstić information content (AvgIpc) is 2.45. The van der Waals surface area contributed by atoms with Gasteiger partial charge in [-0.1, -0.05) is 12.1 Å². The molecule has 0 saturated heterocycles.